The van der Waals surface area contributed by atoms with E-state index < -0.39 is 23.6 Å². The number of hydrogen-bond donors (Lipinski definition) is 2. The molecule has 2 aromatic rings. The number of rotatable bonds is 7. The van der Waals surface area contributed by atoms with E-state index in [1.165, 1.54) is 0 Å². The summed E-state index contributed by atoms with van der Waals surface area (Å²) >= 11 is 0. The van der Waals surface area contributed by atoms with Gasteiger partial charge in [-0.3, -0.25) is 9.59 Å². The molecule has 0 aliphatic carbocycles. The highest BCUT2D eigenvalue weighted by molar-refractivity contribution is 5.98. The molecule has 160 valence electrons. The molecule has 1 fully saturated rings. The zero-order chi connectivity index (χ0) is 21.7. The second kappa shape index (κ2) is 9.69. The van der Waals surface area contributed by atoms with E-state index in [0.29, 0.717) is 18.7 Å². The van der Waals surface area contributed by atoms with Crippen LogP contribution in [-0.2, 0) is 9.59 Å². The quantitative estimate of drug-likeness (QED) is 0.704. The van der Waals surface area contributed by atoms with E-state index in [4.69, 9.17) is 0 Å². The minimum absolute atomic E-state index is 0.0111. The number of halogens is 2. The van der Waals surface area contributed by atoms with Crippen molar-refractivity contribution in [3.05, 3.63) is 59.7 Å². The summed E-state index contributed by atoms with van der Waals surface area (Å²) in [6.45, 7) is 5.03. The second-order valence-corrected chi connectivity index (χ2v) is 7.98. The molecule has 0 radical (unpaired) electrons. The Kier molecular flexibility index (Phi) is 7.03. The second-order valence-electron chi connectivity index (χ2n) is 7.98. The topological polar surface area (TPSA) is 61.4 Å². The van der Waals surface area contributed by atoms with E-state index in [1.807, 2.05) is 13.8 Å². The molecule has 1 aliphatic heterocycles. The van der Waals surface area contributed by atoms with E-state index in [9.17, 15) is 18.4 Å². The van der Waals surface area contributed by atoms with Crippen LogP contribution >= 0.6 is 0 Å². The van der Waals surface area contributed by atoms with Crippen LogP contribution in [0.25, 0.3) is 0 Å². The van der Waals surface area contributed by atoms with Crippen molar-refractivity contribution in [3.8, 4) is 0 Å². The highest BCUT2D eigenvalue weighted by Crippen LogP contribution is 2.30. The van der Waals surface area contributed by atoms with Gasteiger partial charge in [0.15, 0.2) is 11.6 Å². The van der Waals surface area contributed by atoms with Gasteiger partial charge in [-0.1, -0.05) is 44.2 Å². The molecule has 5 nitrogen and oxygen atoms in total. The monoisotopic (exact) mass is 415 g/mol. The highest BCUT2D eigenvalue weighted by Gasteiger charge is 2.25. The Morgan fingerprint density at radius 1 is 1.03 bits per heavy atom. The maximum absolute atomic E-state index is 14.6. The molecule has 1 saturated heterocycles. The van der Waals surface area contributed by atoms with Gasteiger partial charge in [0.2, 0.25) is 5.91 Å². The maximum atomic E-state index is 14.6. The summed E-state index contributed by atoms with van der Waals surface area (Å²) in [4.78, 5) is 26.9. The van der Waals surface area contributed by atoms with Crippen LogP contribution in [0.3, 0.4) is 0 Å². The molecular formula is C23H27F2N3O2. The normalized spacial score (nSPS) is 14.6. The molecule has 0 aromatic heterocycles. The molecule has 30 heavy (non-hydrogen) atoms. The Labute approximate surface area is 175 Å². The van der Waals surface area contributed by atoms with Gasteiger partial charge in [0.05, 0.1) is 0 Å². The van der Waals surface area contributed by atoms with E-state index in [0.717, 1.165) is 25.0 Å². The first kappa shape index (κ1) is 21.7. The molecule has 7 heteroatoms. The molecule has 3 rings (SSSR count). The van der Waals surface area contributed by atoms with E-state index in [-0.39, 0.29) is 29.6 Å². The molecule has 1 heterocycles. The van der Waals surface area contributed by atoms with Crippen molar-refractivity contribution in [1.82, 2.24) is 5.32 Å². The molecule has 2 amide bonds. The predicted octanol–water partition coefficient (Wildman–Crippen LogP) is 4.41. The highest BCUT2D eigenvalue weighted by atomic mass is 19.1. The van der Waals surface area contributed by atoms with Gasteiger partial charge in [0.1, 0.15) is 11.7 Å². The Balaban J connectivity index is 1.80. The van der Waals surface area contributed by atoms with Crippen molar-refractivity contribution < 1.29 is 18.4 Å². The van der Waals surface area contributed by atoms with Gasteiger partial charge >= 0.3 is 0 Å². The first-order chi connectivity index (χ1) is 14.3. The van der Waals surface area contributed by atoms with Crippen LogP contribution < -0.4 is 15.5 Å². The van der Waals surface area contributed by atoms with Crippen molar-refractivity contribution in [2.45, 2.75) is 39.2 Å². The smallest absolute Gasteiger partial charge is 0.251 e. The SMILES string of the molecule is CC(C)CC(=O)NC(C(=O)Nc1cc(F)c(N2CCCC2)c(F)c1)c1ccccc1. The number of nitrogens with one attached hydrogen (secondary N) is 2. The Morgan fingerprint density at radius 2 is 1.63 bits per heavy atom. The minimum atomic E-state index is -0.971. The number of anilines is 2. The number of benzene rings is 2. The predicted molar refractivity (Wildman–Crippen MR) is 113 cm³/mol. The lowest BCUT2D eigenvalue weighted by atomic mass is 10.0. The maximum Gasteiger partial charge on any atom is 0.251 e. The van der Waals surface area contributed by atoms with Crippen molar-refractivity contribution in [3.63, 3.8) is 0 Å². The van der Waals surface area contributed by atoms with Gasteiger partial charge < -0.3 is 15.5 Å². The zero-order valence-electron chi connectivity index (χ0n) is 17.3. The third-order valence-electron chi connectivity index (χ3n) is 5.00. The first-order valence-electron chi connectivity index (χ1n) is 10.2. The van der Waals surface area contributed by atoms with Crippen LogP contribution in [0.2, 0.25) is 0 Å². The number of amides is 2. The van der Waals surface area contributed by atoms with Gasteiger partial charge in [-0.15, -0.1) is 0 Å². The number of carbonyl (C=O) groups is 2. The van der Waals surface area contributed by atoms with Crippen LogP contribution in [0.5, 0.6) is 0 Å². The van der Waals surface area contributed by atoms with Crippen LogP contribution in [0.15, 0.2) is 42.5 Å². The van der Waals surface area contributed by atoms with E-state index >= 15 is 0 Å². The lowest BCUT2D eigenvalue weighted by molar-refractivity contribution is -0.127. The summed E-state index contributed by atoms with van der Waals surface area (Å²) in [5.41, 5.74) is 0.536. The molecule has 2 aromatic carbocycles. The summed E-state index contributed by atoms with van der Waals surface area (Å²) in [6, 6.07) is 10.0. The van der Waals surface area contributed by atoms with Gasteiger partial charge in [0, 0.05) is 25.2 Å². The third kappa shape index (κ3) is 5.34. The summed E-state index contributed by atoms with van der Waals surface area (Å²) in [6.07, 6.45) is 2.06. The average molecular weight is 415 g/mol. The van der Waals surface area contributed by atoms with Crippen molar-refractivity contribution in [1.29, 1.82) is 0 Å². The number of hydrogen-bond acceptors (Lipinski definition) is 3. The average Bonchev–Trinajstić information content (AvgIpc) is 3.20. The molecular weight excluding hydrogens is 388 g/mol. The van der Waals surface area contributed by atoms with Crippen molar-refractivity contribution in [2.75, 3.05) is 23.3 Å². The van der Waals surface area contributed by atoms with Crippen molar-refractivity contribution in [2.24, 2.45) is 5.92 Å². The van der Waals surface area contributed by atoms with Gasteiger partial charge in [-0.25, -0.2) is 8.78 Å². The van der Waals surface area contributed by atoms with Crippen LogP contribution in [0.4, 0.5) is 20.2 Å². The van der Waals surface area contributed by atoms with E-state index in [2.05, 4.69) is 10.6 Å². The molecule has 0 spiro atoms. The van der Waals surface area contributed by atoms with Gasteiger partial charge in [-0.2, -0.15) is 0 Å². The molecule has 1 unspecified atom stereocenters. The molecule has 2 N–H and O–H groups in total. The first-order valence-corrected chi connectivity index (χ1v) is 10.2. The fraction of sp³-hybridized carbons (Fsp3) is 0.391. The zero-order valence-corrected chi connectivity index (χ0v) is 17.3. The molecule has 1 atom stereocenters. The van der Waals surface area contributed by atoms with Gasteiger partial charge in [0.25, 0.3) is 5.91 Å². The standard InChI is InChI=1S/C23H27F2N3O2/c1-15(2)12-20(29)27-21(16-8-4-3-5-9-16)23(30)26-17-13-18(24)22(19(25)14-17)28-10-6-7-11-28/h3-5,8-9,13-15,21H,6-7,10-12H2,1-2H3,(H,26,30)(H,27,29). The Hall–Kier alpha value is -2.96. The number of carbonyl (C=O) groups excluding carboxylic acids is 2. The van der Waals surface area contributed by atoms with Crippen LogP contribution in [0.1, 0.15) is 44.7 Å². The summed E-state index contributed by atoms with van der Waals surface area (Å²) < 4.78 is 29.2. The van der Waals surface area contributed by atoms with Gasteiger partial charge in [-0.05, 0) is 36.5 Å². The lowest BCUT2D eigenvalue weighted by Gasteiger charge is -2.21. The van der Waals surface area contributed by atoms with Crippen molar-refractivity contribution >= 4 is 23.2 Å². The summed E-state index contributed by atoms with van der Waals surface area (Å²) in [7, 11) is 0. The largest absolute Gasteiger partial charge is 0.367 e. The Bertz CT molecular complexity index is 874. The summed E-state index contributed by atoms with van der Waals surface area (Å²) in [5, 5.41) is 5.27. The third-order valence-corrected chi connectivity index (χ3v) is 5.00. The fourth-order valence-corrected chi connectivity index (χ4v) is 3.63. The molecule has 0 bridgehead atoms. The molecule has 0 saturated carbocycles. The van der Waals surface area contributed by atoms with Crippen LogP contribution in [0, 0.1) is 17.6 Å². The fourth-order valence-electron chi connectivity index (χ4n) is 3.63. The lowest BCUT2D eigenvalue weighted by Crippen LogP contribution is -2.37. The minimum Gasteiger partial charge on any atom is -0.367 e. The summed E-state index contributed by atoms with van der Waals surface area (Å²) in [5.74, 6) is -2.13. The van der Waals surface area contributed by atoms with E-state index in [1.54, 1.807) is 35.2 Å². The van der Waals surface area contributed by atoms with Crippen LogP contribution in [-0.4, -0.2) is 24.9 Å². The Morgan fingerprint density at radius 3 is 2.20 bits per heavy atom. The number of nitrogens with zero attached hydrogens (tertiary/aromatic N) is 1. The molecule has 1 aliphatic rings.